The minimum absolute atomic E-state index is 0.0416. The third kappa shape index (κ3) is 3.49. The van der Waals surface area contributed by atoms with E-state index >= 15 is 0 Å². The summed E-state index contributed by atoms with van der Waals surface area (Å²) < 4.78 is 6.12. The second kappa shape index (κ2) is 6.26. The highest BCUT2D eigenvalue weighted by Crippen LogP contribution is 2.26. The summed E-state index contributed by atoms with van der Waals surface area (Å²) in [6, 6.07) is 0. The molecule has 1 saturated carbocycles. The van der Waals surface area contributed by atoms with Crippen molar-refractivity contribution in [3.05, 3.63) is 11.8 Å². The van der Waals surface area contributed by atoms with Crippen LogP contribution >= 0.6 is 0 Å². The van der Waals surface area contributed by atoms with Crippen molar-refractivity contribution in [3.8, 4) is 0 Å². The van der Waals surface area contributed by atoms with Crippen molar-refractivity contribution in [1.29, 1.82) is 0 Å². The molecule has 2 aliphatic carbocycles. The Hall–Kier alpha value is -0.540. The molecule has 1 unspecified atom stereocenters. The van der Waals surface area contributed by atoms with Gasteiger partial charge in [0.15, 0.2) is 0 Å². The normalized spacial score (nSPS) is 27.6. The third-order valence-electron chi connectivity index (χ3n) is 3.61. The molecule has 16 heavy (non-hydrogen) atoms. The summed E-state index contributed by atoms with van der Waals surface area (Å²) in [5.74, 6) is 0. The van der Waals surface area contributed by atoms with E-state index in [0.717, 1.165) is 19.3 Å². The summed E-state index contributed by atoms with van der Waals surface area (Å²) >= 11 is 0. The lowest BCUT2D eigenvalue weighted by atomic mass is 9.96. The van der Waals surface area contributed by atoms with E-state index in [-0.39, 0.29) is 6.73 Å². The van der Waals surface area contributed by atoms with Gasteiger partial charge in [-0.15, -0.1) is 0 Å². The Kier molecular flexibility index (Phi) is 4.67. The van der Waals surface area contributed by atoms with Crippen LogP contribution in [0.4, 0.5) is 0 Å². The van der Waals surface area contributed by atoms with Crippen LogP contribution in [0, 0.1) is 0 Å². The van der Waals surface area contributed by atoms with Gasteiger partial charge in [0.1, 0.15) is 6.73 Å². The molecule has 0 aromatic carbocycles. The molecule has 1 atom stereocenters. The topological polar surface area (TPSA) is 41.5 Å². The maximum atomic E-state index is 8.76. The first-order valence-corrected chi connectivity index (χ1v) is 6.57. The monoisotopic (exact) mass is 225 g/mol. The zero-order valence-electron chi connectivity index (χ0n) is 9.95. The molecule has 2 rings (SSSR count). The summed E-state index contributed by atoms with van der Waals surface area (Å²) in [7, 11) is 0. The van der Waals surface area contributed by atoms with Crippen LogP contribution in [0.1, 0.15) is 51.4 Å². The van der Waals surface area contributed by atoms with Crippen molar-refractivity contribution in [3.63, 3.8) is 0 Å². The van der Waals surface area contributed by atoms with Crippen molar-refractivity contribution in [2.24, 2.45) is 0 Å². The minimum Gasteiger partial charge on any atom is -0.377 e. The maximum absolute atomic E-state index is 8.76. The highest BCUT2D eigenvalue weighted by molar-refractivity contribution is 5.04. The van der Waals surface area contributed by atoms with Gasteiger partial charge in [-0.2, -0.15) is 0 Å². The molecule has 0 spiro atoms. The largest absolute Gasteiger partial charge is 0.377 e. The first-order chi connectivity index (χ1) is 7.88. The Morgan fingerprint density at radius 2 is 2.00 bits per heavy atom. The zero-order valence-corrected chi connectivity index (χ0v) is 9.95. The first kappa shape index (κ1) is 11.9. The fraction of sp³-hybridized carbons (Fsp3) is 0.846. The van der Waals surface area contributed by atoms with E-state index < -0.39 is 0 Å². The van der Waals surface area contributed by atoms with Gasteiger partial charge in [0.25, 0.3) is 0 Å². The number of hydrogen-bond acceptors (Lipinski definition) is 3. The van der Waals surface area contributed by atoms with Crippen LogP contribution in [0.3, 0.4) is 0 Å². The summed E-state index contributed by atoms with van der Waals surface area (Å²) in [5.41, 5.74) is 1.17. The van der Waals surface area contributed by atoms with Crippen LogP contribution in [0.2, 0.25) is 0 Å². The lowest BCUT2D eigenvalue weighted by Gasteiger charge is -2.29. The predicted octanol–water partition coefficient (Wildman–Crippen LogP) is 2.31. The third-order valence-corrected chi connectivity index (χ3v) is 3.61. The van der Waals surface area contributed by atoms with Gasteiger partial charge in [-0.05, 0) is 32.1 Å². The standard InChI is InChI=1S/C13H23NO2/c15-10-14-11-6-8-13(9-7-11)16-12-4-2-1-3-5-12/h6,12-15H,1-5,7-10H2. The lowest BCUT2D eigenvalue weighted by Crippen LogP contribution is -2.27. The smallest absolute Gasteiger partial charge is 0.113 e. The minimum atomic E-state index is 0.0416. The highest BCUT2D eigenvalue weighted by Gasteiger charge is 2.20. The van der Waals surface area contributed by atoms with Gasteiger partial charge in [-0.25, -0.2) is 0 Å². The summed E-state index contributed by atoms with van der Waals surface area (Å²) in [6.07, 6.45) is 12.8. The molecular formula is C13H23NO2. The van der Waals surface area contributed by atoms with E-state index in [1.54, 1.807) is 0 Å². The second-order valence-corrected chi connectivity index (χ2v) is 4.86. The van der Waals surface area contributed by atoms with Crippen LogP contribution in [0.25, 0.3) is 0 Å². The van der Waals surface area contributed by atoms with E-state index in [2.05, 4.69) is 11.4 Å². The van der Waals surface area contributed by atoms with Crippen LogP contribution in [0.5, 0.6) is 0 Å². The van der Waals surface area contributed by atoms with Crippen LogP contribution in [-0.4, -0.2) is 24.0 Å². The highest BCUT2D eigenvalue weighted by atomic mass is 16.5. The van der Waals surface area contributed by atoms with Gasteiger partial charge in [0.2, 0.25) is 0 Å². The molecule has 2 aliphatic rings. The van der Waals surface area contributed by atoms with Crippen molar-refractivity contribution >= 4 is 0 Å². The van der Waals surface area contributed by atoms with Gasteiger partial charge in [0, 0.05) is 5.70 Å². The van der Waals surface area contributed by atoms with Gasteiger partial charge >= 0.3 is 0 Å². The number of allylic oxidation sites excluding steroid dienone is 1. The van der Waals surface area contributed by atoms with Crippen molar-refractivity contribution in [1.82, 2.24) is 5.32 Å². The number of nitrogens with one attached hydrogen (secondary N) is 1. The number of rotatable bonds is 4. The molecule has 0 saturated heterocycles. The van der Waals surface area contributed by atoms with Crippen LogP contribution in [-0.2, 0) is 4.74 Å². The number of aliphatic hydroxyl groups is 1. The van der Waals surface area contributed by atoms with Crippen molar-refractivity contribution < 1.29 is 9.84 Å². The van der Waals surface area contributed by atoms with Crippen LogP contribution in [0.15, 0.2) is 11.8 Å². The molecule has 0 radical (unpaired) electrons. The molecule has 2 N–H and O–H groups in total. The Morgan fingerprint density at radius 3 is 2.62 bits per heavy atom. The van der Waals surface area contributed by atoms with E-state index in [0.29, 0.717) is 12.2 Å². The fourth-order valence-corrected chi connectivity index (χ4v) is 2.67. The molecule has 92 valence electrons. The van der Waals surface area contributed by atoms with Gasteiger partial charge < -0.3 is 15.2 Å². The van der Waals surface area contributed by atoms with Gasteiger partial charge in [-0.3, -0.25) is 0 Å². The van der Waals surface area contributed by atoms with Crippen molar-refractivity contribution in [2.75, 3.05) is 6.73 Å². The molecule has 3 heteroatoms. The maximum Gasteiger partial charge on any atom is 0.113 e. The van der Waals surface area contributed by atoms with E-state index in [9.17, 15) is 0 Å². The fourth-order valence-electron chi connectivity index (χ4n) is 2.67. The molecule has 0 aliphatic heterocycles. The molecule has 0 amide bonds. The Bertz CT molecular complexity index is 234. The van der Waals surface area contributed by atoms with Gasteiger partial charge in [0.05, 0.1) is 12.2 Å². The Balaban J connectivity index is 1.71. The van der Waals surface area contributed by atoms with E-state index in [4.69, 9.17) is 9.84 Å². The molecule has 0 heterocycles. The molecule has 1 fully saturated rings. The molecule has 0 aromatic heterocycles. The zero-order chi connectivity index (χ0) is 11.2. The Labute approximate surface area is 97.9 Å². The summed E-state index contributed by atoms with van der Waals surface area (Å²) in [5, 5.41) is 11.7. The Morgan fingerprint density at radius 1 is 1.19 bits per heavy atom. The quantitative estimate of drug-likeness (QED) is 0.721. The number of aliphatic hydroxyl groups excluding tert-OH is 1. The van der Waals surface area contributed by atoms with Crippen LogP contribution < -0.4 is 5.32 Å². The predicted molar refractivity (Wildman–Crippen MR) is 63.9 cm³/mol. The SMILES string of the molecule is OCNC1=CCC(OC2CCCCC2)CC1. The molecular weight excluding hydrogens is 202 g/mol. The van der Waals surface area contributed by atoms with Crippen molar-refractivity contribution in [2.45, 2.75) is 63.6 Å². The molecule has 0 aromatic rings. The molecule has 3 nitrogen and oxygen atoms in total. The average molecular weight is 225 g/mol. The average Bonchev–Trinajstić information content (AvgIpc) is 2.33. The summed E-state index contributed by atoms with van der Waals surface area (Å²) in [6.45, 7) is 0.0416. The number of hydrogen-bond donors (Lipinski definition) is 2. The summed E-state index contributed by atoms with van der Waals surface area (Å²) in [4.78, 5) is 0. The van der Waals surface area contributed by atoms with E-state index in [1.165, 1.54) is 37.8 Å². The lowest BCUT2D eigenvalue weighted by molar-refractivity contribution is -0.0339. The second-order valence-electron chi connectivity index (χ2n) is 4.86. The first-order valence-electron chi connectivity index (χ1n) is 6.57. The molecule has 0 bridgehead atoms. The number of ether oxygens (including phenoxy) is 1. The van der Waals surface area contributed by atoms with Gasteiger partial charge in [-0.1, -0.05) is 25.3 Å². The van der Waals surface area contributed by atoms with E-state index in [1.807, 2.05) is 0 Å².